The van der Waals surface area contributed by atoms with Crippen molar-refractivity contribution in [2.45, 2.75) is 101 Å². The van der Waals surface area contributed by atoms with Crippen LogP contribution in [-0.2, 0) is 12.6 Å². The van der Waals surface area contributed by atoms with Gasteiger partial charge in [-0.2, -0.15) is 13.2 Å². The van der Waals surface area contributed by atoms with Gasteiger partial charge in [-0.1, -0.05) is 26.0 Å². The van der Waals surface area contributed by atoms with Gasteiger partial charge in [-0.3, -0.25) is 4.98 Å². The summed E-state index contributed by atoms with van der Waals surface area (Å²) < 4.78 is 92.1. The van der Waals surface area contributed by atoms with Gasteiger partial charge in [-0.25, -0.2) is 23.1 Å². The van der Waals surface area contributed by atoms with Crippen molar-refractivity contribution < 1.29 is 46.4 Å². The fourth-order valence-electron chi connectivity index (χ4n) is 7.99. The first-order valence-corrected chi connectivity index (χ1v) is 17.9. The van der Waals surface area contributed by atoms with E-state index in [4.69, 9.17) is 9.72 Å². The summed E-state index contributed by atoms with van der Waals surface area (Å²) >= 11 is 0. The molecule has 0 spiro atoms. The van der Waals surface area contributed by atoms with Gasteiger partial charge in [0.05, 0.1) is 49.6 Å². The summed E-state index contributed by atoms with van der Waals surface area (Å²) in [6.07, 6.45) is -3.18. The molecule has 0 amide bonds. The number of anilines is 1. The lowest BCUT2D eigenvalue weighted by Gasteiger charge is -2.41. The Morgan fingerprint density at radius 2 is 1.54 bits per heavy atom. The van der Waals surface area contributed by atoms with Crippen molar-refractivity contribution in [1.82, 2.24) is 15.0 Å². The minimum Gasteiger partial charge on any atom is -0.490 e. The number of hydrogen-bond donors (Lipinski definition) is 3. The van der Waals surface area contributed by atoms with Gasteiger partial charge in [0.15, 0.2) is 11.9 Å². The van der Waals surface area contributed by atoms with Crippen LogP contribution in [0.2, 0.25) is 0 Å². The van der Waals surface area contributed by atoms with Crippen molar-refractivity contribution in [1.29, 1.82) is 0 Å². The molecule has 2 fully saturated rings. The molecule has 1 unspecified atom stereocenters. The average molecular weight is 737 g/mol. The molecular formula is C38H46F6N4O4. The van der Waals surface area contributed by atoms with Gasteiger partial charge in [-0.15, -0.1) is 0 Å². The van der Waals surface area contributed by atoms with E-state index in [1.54, 1.807) is 0 Å². The van der Waals surface area contributed by atoms with Gasteiger partial charge in [-0.05, 0) is 73.1 Å². The third-order valence-electron chi connectivity index (χ3n) is 10.8. The first kappa shape index (κ1) is 38.2. The lowest BCUT2D eigenvalue weighted by Crippen LogP contribution is -2.36. The van der Waals surface area contributed by atoms with Crippen LogP contribution in [0.4, 0.5) is 32.3 Å². The Morgan fingerprint density at radius 3 is 2.12 bits per heavy atom. The van der Waals surface area contributed by atoms with Crippen LogP contribution in [0.15, 0.2) is 36.7 Å². The zero-order chi connectivity index (χ0) is 37.4. The predicted molar refractivity (Wildman–Crippen MR) is 181 cm³/mol. The van der Waals surface area contributed by atoms with E-state index in [2.05, 4.69) is 9.97 Å². The number of ether oxygens (including phenoxy) is 1. The zero-order valence-corrected chi connectivity index (χ0v) is 29.3. The van der Waals surface area contributed by atoms with E-state index >= 15 is 4.39 Å². The Balaban J connectivity index is 1.36. The number of benzene rings is 1. The monoisotopic (exact) mass is 736 g/mol. The molecule has 3 aromatic rings. The third-order valence-corrected chi connectivity index (χ3v) is 10.8. The van der Waals surface area contributed by atoms with Crippen LogP contribution in [-0.4, -0.2) is 69.1 Å². The summed E-state index contributed by atoms with van der Waals surface area (Å²) in [5, 5.41) is 30.2. The van der Waals surface area contributed by atoms with Crippen molar-refractivity contribution in [2.75, 3.05) is 37.8 Å². The van der Waals surface area contributed by atoms with E-state index in [0.717, 1.165) is 24.3 Å². The first-order valence-electron chi connectivity index (χ1n) is 17.9. The van der Waals surface area contributed by atoms with Crippen molar-refractivity contribution in [2.24, 2.45) is 11.3 Å². The van der Waals surface area contributed by atoms with Crippen molar-refractivity contribution in [3.63, 3.8) is 0 Å². The maximum absolute atomic E-state index is 17.2. The molecule has 284 valence electrons. The lowest BCUT2D eigenvalue weighted by atomic mass is 9.68. The lowest BCUT2D eigenvalue weighted by molar-refractivity contribution is -0.137. The quantitative estimate of drug-likeness (QED) is 0.183. The Kier molecular flexibility index (Phi) is 11.1. The molecule has 52 heavy (non-hydrogen) atoms. The fraction of sp³-hybridized carbons (Fsp3) is 0.605. The van der Waals surface area contributed by atoms with Crippen molar-refractivity contribution in [3.05, 3.63) is 75.9 Å². The topological polar surface area (TPSA) is 112 Å². The number of aliphatic hydroxyl groups is 3. The van der Waals surface area contributed by atoms with Crippen LogP contribution in [0.1, 0.15) is 122 Å². The summed E-state index contributed by atoms with van der Waals surface area (Å²) in [5.41, 5.74) is 1.03. The summed E-state index contributed by atoms with van der Waals surface area (Å²) in [5.74, 6) is -3.20. The smallest absolute Gasteiger partial charge is 0.416 e. The van der Waals surface area contributed by atoms with Gasteiger partial charge < -0.3 is 25.0 Å². The molecule has 0 radical (unpaired) electrons. The minimum atomic E-state index is -4.60. The van der Waals surface area contributed by atoms with E-state index in [0.29, 0.717) is 73.0 Å². The molecule has 2 aliphatic carbocycles. The number of piperidine rings is 1. The molecule has 0 bridgehead atoms. The van der Waals surface area contributed by atoms with E-state index in [1.807, 2.05) is 18.7 Å². The zero-order valence-electron chi connectivity index (χ0n) is 29.3. The maximum Gasteiger partial charge on any atom is 0.416 e. The highest BCUT2D eigenvalue weighted by Crippen LogP contribution is 2.52. The highest BCUT2D eigenvalue weighted by Gasteiger charge is 2.44. The standard InChI is InChI=1S/C38H46F6N4O4/c1-36(2)15-28-31(29(51)16-36)30(23-7-11-37(40,41)12-8-23)32(33(39)24-3-5-26(6-4-24)38(42,43)44)34(47-28)25-9-13-48(14-10-25)35-45-17-27(18-46-35)52-21-22(19-49)20-50/h3-6,17-18,22-23,25,29,33,49-51H,7-16,19-21H2,1-2H3/t29-,33?/m0/s1. The van der Waals surface area contributed by atoms with Crippen LogP contribution in [0.3, 0.4) is 0 Å². The number of aliphatic hydroxyl groups excluding tert-OH is 3. The number of fused-ring (bicyclic) bond motifs is 1. The van der Waals surface area contributed by atoms with E-state index in [1.165, 1.54) is 12.4 Å². The number of alkyl halides is 6. The maximum atomic E-state index is 17.2. The molecule has 3 N–H and O–H groups in total. The van der Waals surface area contributed by atoms with Gasteiger partial charge in [0.2, 0.25) is 11.9 Å². The molecule has 1 aliphatic heterocycles. The average Bonchev–Trinajstić information content (AvgIpc) is 3.10. The van der Waals surface area contributed by atoms with E-state index in [9.17, 15) is 37.3 Å². The molecule has 2 aromatic heterocycles. The Labute approximate surface area is 299 Å². The largest absolute Gasteiger partial charge is 0.490 e. The highest BCUT2D eigenvalue weighted by molar-refractivity contribution is 5.51. The third kappa shape index (κ3) is 8.33. The SMILES string of the molecule is CC1(C)Cc2nc(C3CCN(c4ncc(OCC(CO)CO)cn4)CC3)c(C(F)c3ccc(C(F)(F)F)cc3)c(C3CCC(F)(F)CC3)c2[C@@H](O)C1. The number of hydrogen-bond acceptors (Lipinski definition) is 8. The minimum absolute atomic E-state index is 0.00135. The van der Waals surface area contributed by atoms with Crippen LogP contribution in [0.5, 0.6) is 5.75 Å². The Hall–Kier alpha value is -3.49. The molecule has 2 atom stereocenters. The van der Waals surface area contributed by atoms with Crippen molar-refractivity contribution >= 4 is 5.95 Å². The second-order valence-electron chi connectivity index (χ2n) is 15.4. The van der Waals surface area contributed by atoms with E-state index < -0.39 is 41.8 Å². The number of pyridine rings is 1. The van der Waals surface area contributed by atoms with Crippen LogP contribution < -0.4 is 9.64 Å². The number of rotatable bonds is 10. The van der Waals surface area contributed by atoms with Gasteiger partial charge in [0, 0.05) is 54.6 Å². The second kappa shape index (κ2) is 15.1. The normalized spacial score (nSPS) is 21.6. The number of nitrogens with zero attached hydrogens (tertiary/aromatic N) is 4. The summed E-state index contributed by atoms with van der Waals surface area (Å²) in [4.78, 5) is 15.9. The molecule has 3 heterocycles. The van der Waals surface area contributed by atoms with Gasteiger partial charge in [0.25, 0.3) is 0 Å². The molecule has 14 heteroatoms. The summed E-state index contributed by atoms with van der Waals surface area (Å²) in [6, 6.07) is 3.93. The predicted octanol–water partition coefficient (Wildman–Crippen LogP) is 7.61. The molecule has 6 rings (SSSR count). The fourth-order valence-corrected chi connectivity index (χ4v) is 7.99. The first-order chi connectivity index (χ1) is 24.6. The van der Waals surface area contributed by atoms with Gasteiger partial charge >= 0.3 is 6.18 Å². The van der Waals surface area contributed by atoms with E-state index in [-0.39, 0.29) is 68.0 Å². The molecule has 1 aromatic carbocycles. The van der Waals surface area contributed by atoms with Crippen molar-refractivity contribution in [3.8, 4) is 5.75 Å². The van der Waals surface area contributed by atoms with Crippen LogP contribution in [0, 0.1) is 11.3 Å². The summed E-state index contributed by atoms with van der Waals surface area (Å²) in [7, 11) is 0. The van der Waals surface area contributed by atoms with Crippen LogP contribution >= 0.6 is 0 Å². The summed E-state index contributed by atoms with van der Waals surface area (Å²) in [6.45, 7) is 4.64. The molecule has 8 nitrogen and oxygen atoms in total. The molecule has 3 aliphatic rings. The Morgan fingerprint density at radius 1 is 0.923 bits per heavy atom. The highest BCUT2D eigenvalue weighted by atomic mass is 19.4. The molecular weight excluding hydrogens is 690 g/mol. The number of aromatic nitrogens is 3. The number of halogens is 6. The van der Waals surface area contributed by atoms with Crippen LogP contribution in [0.25, 0.3) is 0 Å². The molecule has 1 saturated heterocycles. The van der Waals surface area contributed by atoms with Gasteiger partial charge in [0.1, 0.15) is 0 Å². The second-order valence-corrected chi connectivity index (χ2v) is 15.4. The molecule has 1 saturated carbocycles. The Bertz CT molecular complexity index is 1670.